The van der Waals surface area contributed by atoms with Crippen molar-refractivity contribution >= 4 is 17.4 Å². The first-order valence-corrected chi connectivity index (χ1v) is 11.0. The van der Waals surface area contributed by atoms with Crippen molar-refractivity contribution in [3.05, 3.63) is 70.8 Å². The minimum Gasteiger partial charge on any atom is -0.495 e. The monoisotopic (exact) mass is 475 g/mol. The Hall–Kier alpha value is -4.45. The highest BCUT2D eigenvalue weighted by Gasteiger charge is 2.38. The van der Waals surface area contributed by atoms with Gasteiger partial charge in [-0.3, -0.25) is 9.59 Å². The van der Waals surface area contributed by atoms with Crippen LogP contribution in [0.25, 0.3) is 0 Å². The molecule has 2 aromatic carbocycles. The number of allylic oxidation sites excluding steroid dienone is 3. The quantitative estimate of drug-likeness (QED) is 0.621. The molecule has 0 radical (unpaired) electrons. The third-order valence-electron chi connectivity index (χ3n) is 5.87. The summed E-state index contributed by atoms with van der Waals surface area (Å²) in [6, 6.07) is 14.2. The molecule has 2 aliphatic rings. The van der Waals surface area contributed by atoms with Crippen molar-refractivity contribution in [1.29, 1.82) is 5.26 Å². The molecule has 0 saturated carbocycles. The Morgan fingerprint density at radius 2 is 1.91 bits per heavy atom. The third kappa shape index (κ3) is 4.77. The van der Waals surface area contributed by atoms with Crippen LogP contribution < -0.4 is 25.3 Å². The van der Waals surface area contributed by atoms with E-state index >= 15 is 0 Å². The standard InChI is InChI=1S/C26H25N3O6/c1-32-19-8-4-3-6-17(19)29-23(31)14-34-20-11-10-15(12-22(20)33-2)24-16(13-27)26(28)35-21-9-5-7-18(30)25(21)24/h3-4,6,8,10-12,24H,5,7,9,14,28H2,1-2H3,(H,29,31). The first-order valence-electron chi connectivity index (χ1n) is 11.0. The van der Waals surface area contributed by atoms with Crippen LogP contribution >= 0.6 is 0 Å². The number of carbonyl (C=O) groups is 2. The van der Waals surface area contributed by atoms with Crippen molar-refractivity contribution in [2.24, 2.45) is 5.73 Å². The lowest BCUT2D eigenvalue weighted by molar-refractivity contribution is -0.118. The number of ether oxygens (including phenoxy) is 4. The second-order valence-electron chi connectivity index (χ2n) is 7.99. The molecule has 4 rings (SSSR count). The van der Waals surface area contributed by atoms with Crippen LogP contribution in [0.5, 0.6) is 17.2 Å². The molecule has 0 bridgehead atoms. The Labute approximate surface area is 202 Å². The number of rotatable bonds is 7. The van der Waals surface area contributed by atoms with Crippen molar-refractivity contribution < 1.29 is 28.5 Å². The van der Waals surface area contributed by atoms with E-state index in [-0.39, 0.29) is 29.8 Å². The topological polar surface area (TPSA) is 133 Å². The van der Waals surface area contributed by atoms with Gasteiger partial charge >= 0.3 is 0 Å². The summed E-state index contributed by atoms with van der Waals surface area (Å²) in [4.78, 5) is 25.2. The minimum atomic E-state index is -0.659. The fourth-order valence-electron chi connectivity index (χ4n) is 4.25. The van der Waals surface area contributed by atoms with Crippen molar-refractivity contribution in [2.45, 2.75) is 25.2 Å². The minimum absolute atomic E-state index is 0.00162. The van der Waals surface area contributed by atoms with Gasteiger partial charge in [-0.1, -0.05) is 18.2 Å². The van der Waals surface area contributed by atoms with Gasteiger partial charge in [0.15, 0.2) is 23.9 Å². The van der Waals surface area contributed by atoms with Gasteiger partial charge in [-0.05, 0) is 36.2 Å². The van der Waals surface area contributed by atoms with Crippen LogP contribution in [0.15, 0.2) is 65.3 Å². The number of para-hydroxylation sites is 2. The molecule has 35 heavy (non-hydrogen) atoms. The van der Waals surface area contributed by atoms with Gasteiger partial charge in [0.05, 0.1) is 25.8 Å². The number of nitriles is 1. The van der Waals surface area contributed by atoms with Crippen LogP contribution in [0.1, 0.15) is 30.7 Å². The second kappa shape index (κ2) is 10.2. The first-order chi connectivity index (χ1) is 17.0. The van der Waals surface area contributed by atoms with Gasteiger partial charge in [0.25, 0.3) is 5.91 Å². The van der Waals surface area contributed by atoms with Crippen LogP contribution in [-0.2, 0) is 14.3 Å². The lowest BCUT2D eigenvalue weighted by atomic mass is 9.77. The number of hydrogen-bond acceptors (Lipinski definition) is 8. The summed E-state index contributed by atoms with van der Waals surface area (Å²) < 4.78 is 22.0. The normalized spacial score (nSPS) is 17.2. The Morgan fingerprint density at radius 1 is 1.14 bits per heavy atom. The van der Waals surface area contributed by atoms with Gasteiger partial charge in [0, 0.05) is 18.4 Å². The molecule has 1 unspecified atom stereocenters. The number of carbonyl (C=O) groups excluding carboxylic acids is 2. The maximum atomic E-state index is 12.8. The Kier molecular flexibility index (Phi) is 6.92. The number of ketones is 1. The van der Waals surface area contributed by atoms with Crippen molar-refractivity contribution in [3.63, 3.8) is 0 Å². The summed E-state index contributed by atoms with van der Waals surface area (Å²) in [5.74, 6) is 0.616. The Balaban J connectivity index is 1.56. The molecule has 1 atom stereocenters. The summed E-state index contributed by atoms with van der Waals surface area (Å²) in [5, 5.41) is 12.5. The van der Waals surface area contributed by atoms with Crippen molar-refractivity contribution in [3.8, 4) is 23.3 Å². The fraction of sp³-hybridized carbons (Fsp3) is 0.269. The highest BCUT2D eigenvalue weighted by Crippen LogP contribution is 2.45. The Bertz CT molecular complexity index is 1270. The lowest BCUT2D eigenvalue weighted by Crippen LogP contribution is -2.27. The number of anilines is 1. The number of Topliss-reactive ketones (excluding diaryl/α,β-unsaturated/α-hetero) is 1. The van der Waals surface area contributed by atoms with Crippen LogP contribution in [0.4, 0.5) is 5.69 Å². The summed E-state index contributed by atoms with van der Waals surface area (Å²) in [7, 11) is 2.99. The number of amides is 1. The highest BCUT2D eigenvalue weighted by molar-refractivity contribution is 5.99. The van der Waals surface area contributed by atoms with Crippen molar-refractivity contribution in [2.75, 3.05) is 26.1 Å². The number of nitrogens with two attached hydrogens (primary N) is 1. The number of benzene rings is 2. The van der Waals surface area contributed by atoms with Gasteiger partial charge in [-0.2, -0.15) is 5.26 Å². The molecule has 0 saturated heterocycles. The Morgan fingerprint density at radius 3 is 2.66 bits per heavy atom. The first kappa shape index (κ1) is 23.7. The van der Waals surface area contributed by atoms with E-state index in [4.69, 9.17) is 24.7 Å². The third-order valence-corrected chi connectivity index (χ3v) is 5.87. The molecule has 0 aromatic heterocycles. The van der Waals surface area contributed by atoms with E-state index in [1.807, 2.05) is 0 Å². The number of hydrogen-bond donors (Lipinski definition) is 2. The second-order valence-corrected chi connectivity index (χ2v) is 7.99. The van der Waals surface area contributed by atoms with Crippen LogP contribution in [-0.4, -0.2) is 32.5 Å². The lowest BCUT2D eigenvalue weighted by Gasteiger charge is -2.31. The van der Waals surface area contributed by atoms with E-state index in [1.165, 1.54) is 14.2 Å². The molecule has 1 aliphatic heterocycles. The zero-order chi connectivity index (χ0) is 24.9. The predicted octanol–water partition coefficient (Wildman–Crippen LogP) is 3.54. The van der Waals surface area contributed by atoms with Crippen molar-refractivity contribution in [1.82, 2.24) is 0 Å². The molecule has 9 nitrogen and oxygen atoms in total. The van der Waals surface area contributed by atoms with E-state index in [1.54, 1.807) is 42.5 Å². The van der Waals surface area contributed by atoms with Gasteiger partial charge < -0.3 is 30.0 Å². The zero-order valence-electron chi connectivity index (χ0n) is 19.4. The van der Waals surface area contributed by atoms with E-state index in [2.05, 4.69) is 11.4 Å². The van der Waals surface area contributed by atoms with Gasteiger partial charge in [0.2, 0.25) is 5.88 Å². The molecule has 0 spiro atoms. The smallest absolute Gasteiger partial charge is 0.262 e. The maximum Gasteiger partial charge on any atom is 0.262 e. The van der Waals surface area contributed by atoms with Gasteiger partial charge in [-0.15, -0.1) is 0 Å². The van der Waals surface area contributed by atoms with Crippen LogP contribution in [0.3, 0.4) is 0 Å². The SMILES string of the molecule is COc1ccccc1NC(=O)COc1ccc(C2C(C#N)=C(N)OC3=C2C(=O)CCC3)cc1OC. The molecule has 3 N–H and O–H groups in total. The average Bonchev–Trinajstić information content (AvgIpc) is 2.87. The molecule has 1 heterocycles. The molecule has 1 amide bonds. The largest absolute Gasteiger partial charge is 0.495 e. The molecular weight excluding hydrogens is 450 g/mol. The average molecular weight is 476 g/mol. The summed E-state index contributed by atoms with van der Waals surface area (Å²) in [6.07, 6.45) is 1.64. The van der Waals surface area contributed by atoms with E-state index in [0.717, 1.165) is 0 Å². The summed E-state index contributed by atoms with van der Waals surface area (Å²) in [6.45, 7) is -0.269. The molecule has 9 heteroatoms. The van der Waals surface area contributed by atoms with E-state index in [9.17, 15) is 14.9 Å². The van der Waals surface area contributed by atoms with Crippen LogP contribution in [0.2, 0.25) is 0 Å². The van der Waals surface area contributed by atoms with E-state index in [0.29, 0.717) is 59.1 Å². The predicted molar refractivity (Wildman–Crippen MR) is 127 cm³/mol. The van der Waals surface area contributed by atoms with Crippen LogP contribution in [0, 0.1) is 11.3 Å². The zero-order valence-corrected chi connectivity index (χ0v) is 19.4. The van der Waals surface area contributed by atoms with E-state index < -0.39 is 5.92 Å². The molecule has 2 aromatic rings. The molecule has 1 aliphatic carbocycles. The van der Waals surface area contributed by atoms with Gasteiger partial charge in [0.1, 0.15) is 23.2 Å². The number of nitrogens with zero attached hydrogens (tertiary/aromatic N) is 1. The number of nitrogens with one attached hydrogen (secondary N) is 1. The summed E-state index contributed by atoms with van der Waals surface area (Å²) >= 11 is 0. The molecular formula is C26H25N3O6. The fourth-order valence-corrected chi connectivity index (χ4v) is 4.25. The van der Waals surface area contributed by atoms with Gasteiger partial charge in [-0.25, -0.2) is 0 Å². The molecule has 180 valence electrons. The molecule has 0 fully saturated rings. The highest BCUT2D eigenvalue weighted by atomic mass is 16.5. The number of methoxy groups -OCH3 is 2. The maximum absolute atomic E-state index is 12.8. The summed E-state index contributed by atoms with van der Waals surface area (Å²) in [5.41, 5.74) is 7.81.